The van der Waals surface area contributed by atoms with E-state index in [2.05, 4.69) is 16.2 Å². The molecule has 0 fully saturated rings. The van der Waals surface area contributed by atoms with E-state index in [4.69, 9.17) is 5.26 Å². The van der Waals surface area contributed by atoms with Crippen molar-refractivity contribution in [1.82, 2.24) is 14.6 Å². The van der Waals surface area contributed by atoms with Crippen molar-refractivity contribution in [1.29, 1.82) is 5.26 Å². The molecule has 86 valence electrons. The normalized spacial score (nSPS) is 10.4. The second-order valence-corrected chi connectivity index (χ2v) is 3.81. The van der Waals surface area contributed by atoms with Crippen molar-refractivity contribution in [3.05, 3.63) is 48.2 Å². The van der Waals surface area contributed by atoms with Gasteiger partial charge in [0.2, 0.25) is 0 Å². The number of phenolic OH excluding ortho intramolecular Hbond substituents is 1. The molecule has 1 aromatic carbocycles. The summed E-state index contributed by atoms with van der Waals surface area (Å²) in [6, 6.07) is 12.2. The molecule has 2 aromatic heterocycles. The molecule has 0 atom stereocenters. The summed E-state index contributed by atoms with van der Waals surface area (Å²) in [6.07, 6.45) is 1.63. The number of benzene rings is 1. The summed E-state index contributed by atoms with van der Waals surface area (Å²) in [5.74, 6) is 0.763. The Balaban J connectivity index is 2.13. The molecule has 0 unspecified atom stereocenters. The first-order valence-corrected chi connectivity index (χ1v) is 5.32. The summed E-state index contributed by atoms with van der Waals surface area (Å²) < 4.78 is 1.57. The number of aromatic hydroxyl groups is 1. The highest BCUT2D eigenvalue weighted by molar-refractivity contribution is 5.59. The zero-order valence-corrected chi connectivity index (χ0v) is 9.28. The van der Waals surface area contributed by atoms with E-state index in [-0.39, 0.29) is 5.75 Å². The first-order chi connectivity index (χ1) is 8.76. The summed E-state index contributed by atoms with van der Waals surface area (Å²) in [7, 11) is 0. The van der Waals surface area contributed by atoms with Gasteiger partial charge in [-0.05, 0) is 36.4 Å². The molecule has 0 spiro atoms. The molecule has 0 bridgehead atoms. The molecule has 0 amide bonds. The van der Waals surface area contributed by atoms with Crippen molar-refractivity contribution in [3.8, 4) is 23.2 Å². The number of nitrogens with zero attached hydrogens (tertiary/aromatic N) is 4. The fourth-order valence-electron chi connectivity index (χ4n) is 1.68. The van der Waals surface area contributed by atoms with Crippen LogP contribution in [0.2, 0.25) is 0 Å². The van der Waals surface area contributed by atoms with E-state index in [1.54, 1.807) is 47.1 Å². The largest absolute Gasteiger partial charge is 0.508 e. The summed E-state index contributed by atoms with van der Waals surface area (Å²) in [4.78, 5) is 4.35. The van der Waals surface area contributed by atoms with E-state index < -0.39 is 0 Å². The van der Waals surface area contributed by atoms with Crippen LogP contribution in [0.4, 0.5) is 0 Å². The maximum absolute atomic E-state index is 9.23. The van der Waals surface area contributed by atoms with Crippen LogP contribution in [0.25, 0.3) is 17.0 Å². The van der Waals surface area contributed by atoms with E-state index in [1.807, 2.05) is 0 Å². The van der Waals surface area contributed by atoms with Gasteiger partial charge in [-0.15, -0.1) is 5.10 Å². The van der Waals surface area contributed by atoms with E-state index in [0.29, 0.717) is 17.0 Å². The number of hydrogen-bond acceptors (Lipinski definition) is 4. The molecule has 3 aromatic rings. The van der Waals surface area contributed by atoms with Crippen LogP contribution in [0.1, 0.15) is 5.56 Å². The highest BCUT2D eigenvalue weighted by Crippen LogP contribution is 2.19. The zero-order valence-electron chi connectivity index (χ0n) is 9.28. The van der Waals surface area contributed by atoms with Gasteiger partial charge >= 0.3 is 0 Å². The van der Waals surface area contributed by atoms with Gasteiger partial charge in [-0.2, -0.15) is 5.26 Å². The lowest BCUT2D eigenvalue weighted by atomic mass is 10.2. The maximum Gasteiger partial charge on any atom is 0.182 e. The van der Waals surface area contributed by atoms with Gasteiger partial charge in [0.15, 0.2) is 11.5 Å². The number of aromatic nitrogens is 3. The Bertz CT molecular complexity index is 753. The topological polar surface area (TPSA) is 74.2 Å². The summed E-state index contributed by atoms with van der Waals surface area (Å²) in [6.45, 7) is 0. The third kappa shape index (κ3) is 1.66. The van der Waals surface area contributed by atoms with Crippen LogP contribution in [0, 0.1) is 11.3 Å². The number of nitriles is 1. The fraction of sp³-hybridized carbons (Fsp3) is 0. The predicted octanol–water partition coefficient (Wildman–Crippen LogP) is 1.97. The number of rotatable bonds is 1. The minimum atomic E-state index is 0.203. The van der Waals surface area contributed by atoms with Crippen molar-refractivity contribution in [2.75, 3.05) is 0 Å². The summed E-state index contributed by atoms with van der Waals surface area (Å²) in [5.41, 5.74) is 2.02. The SMILES string of the molecule is N#Cc1ccc2nc(-c3ccc(O)cc3)nn2c1. The Hall–Kier alpha value is -2.87. The Morgan fingerprint density at radius 2 is 1.89 bits per heavy atom. The average Bonchev–Trinajstić information content (AvgIpc) is 2.82. The Labute approximate surface area is 103 Å². The maximum atomic E-state index is 9.23. The van der Waals surface area contributed by atoms with Crippen molar-refractivity contribution in [2.24, 2.45) is 0 Å². The van der Waals surface area contributed by atoms with Gasteiger partial charge in [-0.25, -0.2) is 9.50 Å². The van der Waals surface area contributed by atoms with E-state index in [1.165, 1.54) is 0 Å². The highest BCUT2D eigenvalue weighted by Gasteiger charge is 2.06. The first kappa shape index (κ1) is 10.3. The zero-order chi connectivity index (χ0) is 12.5. The van der Waals surface area contributed by atoms with Crippen molar-refractivity contribution < 1.29 is 5.11 Å². The van der Waals surface area contributed by atoms with Crippen LogP contribution in [-0.4, -0.2) is 19.7 Å². The Morgan fingerprint density at radius 1 is 1.11 bits per heavy atom. The van der Waals surface area contributed by atoms with Crippen LogP contribution in [-0.2, 0) is 0 Å². The molecule has 2 heterocycles. The van der Waals surface area contributed by atoms with Crippen LogP contribution in [0.15, 0.2) is 42.6 Å². The number of phenols is 1. The second-order valence-electron chi connectivity index (χ2n) is 3.81. The lowest BCUT2D eigenvalue weighted by Crippen LogP contribution is -1.88. The average molecular weight is 236 g/mol. The lowest BCUT2D eigenvalue weighted by Gasteiger charge is -1.94. The molecule has 0 aliphatic carbocycles. The third-order valence-electron chi connectivity index (χ3n) is 2.59. The minimum Gasteiger partial charge on any atom is -0.508 e. The second kappa shape index (κ2) is 3.86. The standard InChI is InChI=1S/C13H8N4O/c14-7-9-1-6-12-15-13(16-17(12)8-9)10-2-4-11(18)5-3-10/h1-6,8,18H. The minimum absolute atomic E-state index is 0.203. The van der Waals surface area contributed by atoms with Crippen LogP contribution < -0.4 is 0 Å². The predicted molar refractivity (Wildman–Crippen MR) is 64.8 cm³/mol. The Kier molecular flexibility index (Phi) is 2.21. The van der Waals surface area contributed by atoms with Gasteiger partial charge in [0, 0.05) is 11.8 Å². The molecule has 5 heteroatoms. The number of fused-ring (bicyclic) bond motifs is 1. The van der Waals surface area contributed by atoms with Crippen LogP contribution in [0.5, 0.6) is 5.75 Å². The van der Waals surface area contributed by atoms with Crippen LogP contribution in [0.3, 0.4) is 0 Å². The molecule has 0 aliphatic rings. The highest BCUT2D eigenvalue weighted by atomic mass is 16.3. The van der Waals surface area contributed by atoms with Crippen molar-refractivity contribution >= 4 is 5.65 Å². The summed E-state index contributed by atoms with van der Waals surface area (Å²) in [5, 5.41) is 22.3. The quantitative estimate of drug-likeness (QED) is 0.701. The molecule has 0 aliphatic heterocycles. The van der Waals surface area contributed by atoms with Gasteiger partial charge in [0.25, 0.3) is 0 Å². The third-order valence-corrected chi connectivity index (χ3v) is 2.59. The molecular weight excluding hydrogens is 228 g/mol. The molecule has 0 saturated carbocycles. The van der Waals surface area contributed by atoms with Gasteiger partial charge in [-0.3, -0.25) is 0 Å². The molecule has 5 nitrogen and oxygen atoms in total. The van der Waals surface area contributed by atoms with Gasteiger partial charge in [0.1, 0.15) is 11.8 Å². The monoisotopic (exact) mass is 236 g/mol. The van der Waals surface area contributed by atoms with Gasteiger partial charge < -0.3 is 5.11 Å². The van der Waals surface area contributed by atoms with Crippen LogP contribution >= 0.6 is 0 Å². The summed E-state index contributed by atoms with van der Waals surface area (Å²) >= 11 is 0. The van der Waals surface area contributed by atoms with E-state index in [9.17, 15) is 5.11 Å². The van der Waals surface area contributed by atoms with E-state index in [0.717, 1.165) is 5.56 Å². The van der Waals surface area contributed by atoms with Gasteiger partial charge in [-0.1, -0.05) is 0 Å². The van der Waals surface area contributed by atoms with Crippen molar-refractivity contribution in [3.63, 3.8) is 0 Å². The number of pyridine rings is 1. The fourth-order valence-corrected chi connectivity index (χ4v) is 1.68. The molecule has 1 N–H and O–H groups in total. The molecule has 0 saturated heterocycles. The molecule has 3 rings (SSSR count). The molecule has 18 heavy (non-hydrogen) atoms. The van der Waals surface area contributed by atoms with Gasteiger partial charge in [0.05, 0.1) is 5.56 Å². The smallest absolute Gasteiger partial charge is 0.182 e. The van der Waals surface area contributed by atoms with E-state index >= 15 is 0 Å². The van der Waals surface area contributed by atoms with Crippen molar-refractivity contribution in [2.45, 2.75) is 0 Å². The number of hydrogen-bond donors (Lipinski definition) is 1. The Morgan fingerprint density at radius 3 is 2.61 bits per heavy atom. The first-order valence-electron chi connectivity index (χ1n) is 5.32. The molecular formula is C13H8N4O. The molecule has 0 radical (unpaired) electrons. The lowest BCUT2D eigenvalue weighted by molar-refractivity contribution is 0.475.